The van der Waals surface area contributed by atoms with Crippen molar-refractivity contribution in [1.29, 1.82) is 0 Å². The number of nitrogens with one attached hydrogen (secondary N) is 1. The first-order chi connectivity index (χ1) is 17.5. The second kappa shape index (κ2) is 10.3. The number of aromatic nitrogens is 1. The molecular formula is C27H32N4O5. The Hall–Kier alpha value is -3.46. The second-order valence-corrected chi connectivity index (χ2v) is 9.67. The molecule has 0 unspecified atom stereocenters. The Morgan fingerprint density at radius 1 is 1.17 bits per heavy atom. The van der Waals surface area contributed by atoms with Crippen LogP contribution in [0.25, 0.3) is 0 Å². The number of piperidine rings is 1. The first-order valence-corrected chi connectivity index (χ1v) is 12.6. The lowest BCUT2D eigenvalue weighted by molar-refractivity contribution is -0.137. The van der Waals surface area contributed by atoms with E-state index >= 15 is 0 Å². The van der Waals surface area contributed by atoms with Gasteiger partial charge in [-0.2, -0.15) is 0 Å². The molecular weight excluding hydrogens is 460 g/mol. The fourth-order valence-electron chi connectivity index (χ4n) is 5.74. The van der Waals surface area contributed by atoms with Crippen molar-refractivity contribution in [1.82, 2.24) is 20.1 Å². The summed E-state index contributed by atoms with van der Waals surface area (Å²) in [5.41, 5.74) is 0.334. The molecule has 9 nitrogen and oxygen atoms in total. The molecule has 3 fully saturated rings. The third-order valence-electron chi connectivity index (χ3n) is 7.65. The largest absolute Gasteiger partial charge is 0.496 e. The van der Waals surface area contributed by atoms with Crippen LogP contribution in [0, 0.1) is 5.92 Å². The summed E-state index contributed by atoms with van der Waals surface area (Å²) in [7, 11) is 1.60. The van der Waals surface area contributed by atoms with Crippen LogP contribution in [0.5, 0.6) is 5.75 Å². The SMILES string of the molecule is COc1ccccc1CC(=O)N1CCC([C@]2(c3cccnc3)NC(=O)N(C[C@@H]3CCCO3)C2=O)CC1. The first kappa shape index (κ1) is 24.2. The predicted octanol–water partition coefficient (Wildman–Crippen LogP) is 2.50. The zero-order valence-corrected chi connectivity index (χ0v) is 20.5. The standard InChI is InChI=1S/C27H32N4O5/c1-35-23-9-3-2-6-19(23)16-24(32)30-13-10-20(11-14-30)27(21-7-4-12-28-17-21)25(33)31(26(34)29-27)18-22-8-5-15-36-22/h2-4,6-7,9,12,17,20,22H,5,8,10-11,13-16,18H2,1H3,(H,29,34)/t22-,27+/m0/s1. The molecule has 4 amide bonds. The number of nitrogens with zero attached hydrogens (tertiary/aromatic N) is 3. The number of benzene rings is 1. The summed E-state index contributed by atoms with van der Waals surface area (Å²) < 4.78 is 11.1. The van der Waals surface area contributed by atoms with E-state index in [0.29, 0.717) is 43.9 Å². The first-order valence-electron chi connectivity index (χ1n) is 12.6. The Morgan fingerprint density at radius 2 is 1.97 bits per heavy atom. The second-order valence-electron chi connectivity index (χ2n) is 9.67. The van der Waals surface area contributed by atoms with Crippen molar-refractivity contribution in [3.63, 3.8) is 0 Å². The van der Waals surface area contributed by atoms with E-state index in [0.717, 1.165) is 18.4 Å². The van der Waals surface area contributed by atoms with E-state index in [1.54, 1.807) is 25.6 Å². The van der Waals surface area contributed by atoms with Crippen molar-refractivity contribution in [2.75, 3.05) is 33.4 Å². The molecule has 5 rings (SSSR count). The Morgan fingerprint density at radius 3 is 2.67 bits per heavy atom. The van der Waals surface area contributed by atoms with Crippen molar-refractivity contribution in [3.05, 3.63) is 59.9 Å². The van der Waals surface area contributed by atoms with Gasteiger partial charge in [-0.25, -0.2) is 4.79 Å². The van der Waals surface area contributed by atoms with E-state index in [4.69, 9.17) is 9.47 Å². The topological polar surface area (TPSA) is 101 Å². The molecule has 2 atom stereocenters. The van der Waals surface area contributed by atoms with Crippen LogP contribution in [0.3, 0.4) is 0 Å². The van der Waals surface area contributed by atoms with Crippen LogP contribution >= 0.6 is 0 Å². The van der Waals surface area contributed by atoms with Crippen molar-refractivity contribution in [3.8, 4) is 5.75 Å². The molecule has 3 saturated heterocycles. The minimum atomic E-state index is -1.19. The van der Waals surface area contributed by atoms with Crippen LogP contribution in [0.15, 0.2) is 48.8 Å². The molecule has 0 saturated carbocycles. The molecule has 0 bridgehead atoms. The molecule has 3 aliphatic rings. The van der Waals surface area contributed by atoms with Gasteiger partial charge in [0.1, 0.15) is 5.75 Å². The van der Waals surface area contributed by atoms with E-state index in [1.165, 1.54) is 4.90 Å². The minimum Gasteiger partial charge on any atom is -0.496 e. The highest BCUT2D eigenvalue weighted by Gasteiger charge is 2.57. The van der Waals surface area contributed by atoms with E-state index < -0.39 is 11.6 Å². The summed E-state index contributed by atoms with van der Waals surface area (Å²) in [6.07, 6.45) is 6.40. The highest BCUT2D eigenvalue weighted by atomic mass is 16.5. The normalized spacial score (nSPS) is 24.8. The summed E-state index contributed by atoms with van der Waals surface area (Å²) in [6.45, 7) is 1.93. The number of para-hydroxylation sites is 1. The molecule has 1 N–H and O–H groups in total. The van der Waals surface area contributed by atoms with Crippen molar-refractivity contribution >= 4 is 17.8 Å². The Kier molecular flexibility index (Phi) is 6.91. The van der Waals surface area contributed by atoms with Gasteiger partial charge in [0.25, 0.3) is 5.91 Å². The molecule has 1 aromatic carbocycles. The van der Waals surface area contributed by atoms with Gasteiger partial charge in [-0.15, -0.1) is 0 Å². The van der Waals surface area contributed by atoms with Crippen LogP contribution in [-0.2, 0) is 26.3 Å². The molecule has 36 heavy (non-hydrogen) atoms. The summed E-state index contributed by atoms with van der Waals surface area (Å²) in [5.74, 6) is 0.301. The number of imide groups is 1. The third-order valence-corrected chi connectivity index (χ3v) is 7.65. The van der Waals surface area contributed by atoms with Crippen LogP contribution in [0.4, 0.5) is 4.79 Å². The van der Waals surface area contributed by atoms with E-state index in [1.807, 2.05) is 35.2 Å². The van der Waals surface area contributed by atoms with Gasteiger partial charge in [0.05, 0.1) is 26.2 Å². The van der Waals surface area contributed by atoms with Gasteiger partial charge < -0.3 is 19.7 Å². The zero-order chi connectivity index (χ0) is 25.1. The number of urea groups is 1. The Bertz CT molecular complexity index is 1110. The lowest BCUT2D eigenvalue weighted by atomic mass is 9.73. The highest BCUT2D eigenvalue weighted by Crippen LogP contribution is 2.41. The maximum absolute atomic E-state index is 13.9. The van der Waals surface area contributed by atoms with E-state index in [9.17, 15) is 14.4 Å². The van der Waals surface area contributed by atoms with Gasteiger partial charge in [-0.1, -0.05) is 24.3 Å². The quantitative estimate of drug-likeness (QED) is 0.596. The monoisotopic (exact) mass is 492 g/mol. The van der Waals surface area contributed by atoms with Crippen LogP contribution in [0.1, 0.15) is 36.8 Å². The fraction of sp³-hybridized carbons (Fsp3) is 0.481. The molecule has 190 valence electrons. The van der Waals surface area contributed by atoms with Crippen LogP contribution < -0.4 is 10.1 Å². The summed E-state index contributed by atoms with van der Waals surface area (Å²) in [4.78, 5) is 47.5. The highest BCUT2D eigenvalue weighted by molar-refractivity contribution is 6.07. The van der Waals surface area contributed by atoms with E-state index in [-0.39, 0.29) is 36.8 Å². The smallest absolute Gasteiger partial charge is 0.325 e. The van der Waals surface area contributed by atoms with Crippen molar-refractivity contribution in [2.45, 2.75) is 43.7 Å². The number of carbonyl (C=O) groups excluding carboxylic acids is 3. The number of methoxy groups -OCH3 is 1. The number of ether oxygens (including phenoxy) is 2. The molecule has 0 aliphatic carbocycles. The number of hydrogen-bond donors (Lipinski definition) is 1. The Balaban J connectivity index is 1.33. The molecule has 4 heterocycles. The predicted molar refractivity (Wildman–Crippen MR) is 131 cm³/mol. The summed E-state index contributed by atoms with van der Waals surface area (Å²) >= 11 is 0. The molecule has 3 aliphatic heterocycles. The number of amides is 4. The van der Waals surface area contributed by atoms with Crippen LogP contribution in [0.2, 0.25) is 0 Å². The van der Waals surface area contributed by atoms with Crippen molar-refractivity contribution < 1.29 is 23.9 Å². The van der Waals surface area contributed by atoms with Gasteiger partial charge >= 0.3 is 6.03 Å². The lowest BCUT2D eigenvalue weighted by Gasteiger charge is -2.41. The molecule has 0 spiro atoms. The third kappa shape index (κ3) is 4.43. The number of likely N-dealkylation sites (tertiary alicyclic amines) is 1. The minimum absolute atomic E-state index is 0.0233. The molecule has 0 radical (unpaired) electrons. The lowest BCUT2D eigenvalue weighted by Crippen LogP contribution is -2.54. The van der Waals surface area contributed by atoms with Crippen LogP contribution in [-0.4, -0.2) is 72.1 Å². The van der Waals surface area contributed by atoms with Crippen molar-refractivity contribution in [2.24, 2.45) is 5.92 Å². The zero-order valence-electron chi connectivity index (χ0n) is 20.5. The number of carbonyl (C=O) groups is 3. The summed E-state index contributed by atoms with van der Waals surface area (Å²) in [6, 6.07) is 10.8. The maximum atomic E-state index is 13.9. The Labute approximate surface area is 210 Å². The number of hydrogen-bond acceptors (Lipinski definition) is 6. The van der Waals surface area contributed by atoms with Gasteiger partial charge in [0.15, 0.2) is 5.54 Å². The average molecular weight is 493 g/mol. The number of rotatable bonds is 7. The van der Waals surface area contributed by atoms with E-state index in [2.05, 4.69) is 10.3 Å². The fourth-order valence-corrected chi connectivity index (χ4v) is 5.74. The summed E-state index contributed by atoms with van der Waals surface area (Å²) in [5, 5.41) is 3.05. The van der Waals surface area contributed by atoms with Gasteiger partial charge in [-0.05, 0) is 43.7 Å². The molecule has 9 heteroatoms. The average Bonchev–Trinajstić information content (AvgIpc) is 3.52. The van der Waals surface area contributed by atoms with Gasteiger partial charge in [-0.3, -0.25) is 19.5 Å². The van der Waals surface area contributed by atoms with Gasteiger partial charge in [0.2, 0.25) is 5.91 Å². The molecule has 2 aromatic rings. The van der Waals surface area contributed by atoms with Gasteiger partial charge in [0, 0.05) is 43.2 Å². The maximum Gasteiger partial charge on any atom is 0.325 e. The molecule has 1 aromatic heterocycles. The number of pyridine rings is 1.